The summed E-state index contributed by atoms with van der Waals surface area (Å²) < 4.78 is 42.5. The Kier molecular flexibility index (Phi) is 4.62. The molecule has 0 bridgehead atoms. The van der Waals surface area contributed by atoms with Crippen LogP contribution < -0.4 is 0 Å². The van der Waals surface area contributed by atoms with Gasteiger partial charge < -0.3 is 9.84 Å². The Labute approximate surface area is 93.8 Å². The van der Waals surface area contributed by atoms with Gasteiger partial charge in [0.2, 0.25) is 0 Å². The molecule has 2 unspecified atom stereocenters. The van der Waals surface area contributed by atoms with Gasteiger partial charge in [-0.05, 0) is 38.5 Å². The molecule has 1 aliphatic rings. The van der Waals surface area contributed by atoms with Crippen LogP contribution in [-0.4, -0.2) is 30.6 Å². The summed E-state index contributed by atoms with van der Waals surface area (Å²) in [6, 6.07) is 0. The molecular formula is C11H19F3O2. The van der Waals surface area contributed by atoms with Crippen molar-refractivity contribution in [3.05, 3.63) is 0 Å². The number of hydrogen-bond acceptors (Lipinski definition) is 2. The molecule has 96 valence electrons. The van der Waals surface area contributed by atoms with E-state index in [1.54, 1.807) is 7.11 Å². The Morgan fingerprint density at radius 2 is 2.12 bits per heavy atom. The number of aliphatic hydroxyl groups is 1. The van der Waals surface area contributed by atoms with E-state index in [1.165, 1.54) is 0 Å². The second kappa shape index (κ2) is 5.36. The second-order valence-corrected chi connectivity index (χ2v) is 4.66. The Morgan fingerprint density at radius 1 is 1.44 bits per heavy atom. The summed E-state index contributed by atoms with van der Waals surface area (Å²) in [6.07, 6.45) is -2.24. The van der Waals surface area contributed by atoms with Gasteiger partial charge in [0.1, 0.15) is 0 Å². The van der Waals surface area contributed by atoms with Crippen LogP contribution in [-0.2, 0) is 4.74 Å². The average Bonchev–Trinajstić information content (AvgIpc) is 2.16. The fourth-order valence-corrected chi connectivity index (χ4v) is 2.39. The molecule has 2 nitrogen and oxygen atoms in total. The Hall–Kier alpha value is -0.290. The number of hydrogen-bond donors (Lipinski definition) is 1. The molecule has 1 N–H and O–H groups in total. The Morgan fingerprint density at radius 3 is 2.69 bits per heavy atom. The molecule has 1 fully saturated rings. The molecule has 1 saturated carbocycles. The topological polar surface area (TPSA) is 29.5 Å². The summed E-state index contributed by atoms with van der Waals surface area (Å²) in [5, 5.41) is 10.1. The van der Waals surface area contributed by atoms with Crippen LogP contribution >= 0.6 is 0 Å². The van der Waals surface area contributed by atoms with Gasteiger partial charge in [0.15, 0.2) is 0 Å². The highest BCUT2D eigenvalue weighted by atomic mass is 19.4. The van der Waals surface area contributed by atoms with E-state index in [2.05, 4.69) is 0 Å². The van der Waals surface area contributed by atoms with Crippen molar-refractivity contribution in [3.8, 4) is 0 Å². The quantitative estimate of drug-likeness (QED) is 0.766. The number of ether oxygens (including phenoxy) is 1. The van der Waals surface area contributed by atoms with Gasteiger partial charge in [-0.1, -0.05) is 0 Å². The third kappa shape index (κ3) is 3.94. The van der Waals surface area contributed by atoms with Gasteiger partial charge in [0.05, 0.1) is 11.5 Å². The van der Waals surface area contributed by atoms with Crippen LogP contribution in [0.3, 0.4) is 0 Å². The van der Waals surface area contributed by atoms with Crippen molar-refractivity contribution in [1.29, 1.82) is 0 Å². The maximum Gasteiger partial charge on any atom is 0.391 e. The van der Waals surface area contributed by atoms with Gasteiger partial charge in [-0.15, -0.1) is 0 Å². The maximum atomic E-state index is 12.5. The zero-order chi connectivity index (χ0) is 12.2. The Balaban J connectivity index is 2.48. The number of rotatable bonds is 4. The molecule has 0 spiro atoms. The summed E-state index contributed by atoms with van der Waals surface area (Å²) in [6.45, 7) is 0.485. The van der Waals surface area contributed by atoms with Crippen molar-refractivity contribution >= 4 is 0 Å². The predicted molar refractivity (Wildman–Crippen MR) is 54.1 cm³/mol. The predicted octanol–water partition coefficient (Wildman–Crippen LogP) is 2.90. The van der Waals surface area contributed by atoms with Gasteiger partial charge >= 0.3 is 6.18 Å². The minimum Gasteiger partial charge on any atom is -0.390 e. The van der Waals surface area contributed by atoms with E-state index < -0.39 is 17.7 Å². The fraction of sp³-hybridized carbons (Fsp3) is 1.00. The van der Waals surface area contributed by atoms with Crippen LogP contribution in [0.5, 0.6) is 0 Å². The molecule has 0 aromatic carbocycles. The molecule has 0 aliphatic heterocycles. The van der Waals surface area contributed by atoms with E-state index in [4.69, 9.17) is 4.74 Å². The van der Waals surface area contributed by atoms with E-state index in [0.29, 0.717) is 32.3 Å². The SMILES string of the molecule is COCCCC1(O)CCCC(C(F)(F)F)C1. The van der Waals surface area contributed by atoms with E-state index >= 15 is 0 Å². The Bertz CT molecular complexity index is 218. The second-order valence-electron chi connectivity index (χ2n) is 4.66. The van der Waals surface area contributed by atoms with Crippen molar-refractivity contribution in [2.45, 2.75) is 50.3 Å². The zero-order valence-corrected chi connectivity index (χ0v) is 9.52. The lowest BCUT2D eigenvalue weighted by Gasteiger charge is -2.37. The molecule has 0 aromatic heterocycles. The lowest BCUT2D eigenvalue weighted by Crippen LogP contribution is -2.40. The van der Waals surface area contributed by atoms with Crippen molar-refractivity contribution in [2.75, 3.05) is 13.7 Å². The first-order chi connectivity index (χ1) is 7.37. The molecule has 2 atom stereocenters. The minimum absolute atomic E-state index is 0.149. The van der Waals surface area contributed by atoms with Crippen molar-refractivity contribution in [1.82, 2.24) is 0 Å². The van der Waals surface area contributed by atoms with Gasteiger partial charge in [0, 0.05) is 13.7 Å². The summed E-state index contributed by atoms with van der Waals surface area (Å²) >= 11 is 0. The number of alkyl halides is 3. The molecule has 0 radical (unpaired) electrons. The highest BCUT2D eigenvalue weighted by Crippen LogP contribution is 2.43. The number of halogens is 3. The summed E-state index contributed by atoms with van der Waals surface area (Å²) in [5.74, 6) is -1.34. The third-order valence-corrected chi connectivity index (χ3v) is 3.27. The molecule has 0 saturated heterocycles. The lowest BCUT2D eigenvalue weighted by molar-refractivity contribution is -0.201. The lowest BCUT2D eigenvalue weighted by atomic mass is 9.75. The van der Waals surface area contributed by atoms with Gasteiger partial charge in [0.25, 0.3) is 0 Å². The van der Waals surface area contributed by atoms with E-state index in [-0.39, 0.29) is 12.8 Å². The van der Waals surface area contributed by atoms with Crippen LogP contribution in [0, 0.1) is 5.92 Å². The van der Waals surface area contributed by atoms with Crippen LogP contribution in [0.2, 0.25) is 0 Å². The molecule has 1 aliphatic carbocycles. The minimum atomic E-state index is -4.17. The van der Waals surface area contributed by atoms with Gasteiger partial charge in [-0.3, -0.25) is 0 Å². The largest absolute Gasteiger partial charge is 0.391 e. The molecule has 0 aromatic rings. The van der Waals surface area contributed by atoms with Crippen LogP contribution in [0.15, 0.2) is 0 Å². The third-order valence-electron chi connectivity index (χ3n) is 3.27. The van der Waals surface area contributed by atoms with E-state index in [0.717, 1.165) is 0 Å². The molecule has 1 rings (SSSR count). The van der Waals surface area contributed by atoms with Crippen LogP contribution in [0.1, 0.15) is 38.5 Å². The maximum absolute atomic E-state index is 12.5. The molecule has 5 heteroatoms. The van der Waals surface area contributed by atoms with Crippen LogP contribution in [0.4, 0.5) is 13.2 Å². The zero-order valence-electron chi connectivity index (χ0n) is 9.52. The van der Waals surface area contributed by atoms with Gasteiger partial charge in [-0.2, -0.15) is 13.2 Å². The molecule has 0 amide bonds. The normalized spacial score (nSPS) is 31.7. The summed E-state index contributed by atoms with van der Waals surface area (Å²) in [7, 11) is 1.55. The van der Waals surface area contributed by atoms with Crippen molar-refractivity contribution in [3.63, 3.8) is 0 Å². The fourth-order valence-electron chi connectivity index (χ4n) is 2.39. The molecule has 0 heterocycles. The van der Waals surface area contributed by atoms with E-state index in [9.17, 15) is 18.3 Å². The van der Waals surface area contributed by atoms with Crippen molar-refractivity contribution < 1.29 is 23.0 Å². The summed E-state index contributed by atoms with van der Waals surface area (Å²) in [5.41, 5.74) is -1.14. The first-order valence-corrected chi connectivity index (χ1v) is 5.65. The van der Waals surface area contributed by atoms with Gasteiger partial charge in [-0.25, -0.2) is 0 Å². The molecule has 16 heavy (non-hydrogen) atoms. The average molecular weight is 240 g/mol. The van der Waals surface area contributed by atoms with Crippen molar-refractivity contribution in [2.24, 2.45) is 5.92 Å². The molecular weight excluding hydrogens is 221 g/mol. The van der Waals surface area contributed by atoms with Crippen LogP contribution in [0.25, 0.3) is 0 Å². The monoisotopic (exact) mass is 240 g/mol. The first kappa shape index (κ1) is 13.8. The van der Waals surface area contributed by atoms with E-state index in [1.807, 2.05) is 0 Å². The number of methoxy groups -OCH3 is 1. The standard InChI is InChI=1S/C11H19F3O2/c1-16-7-3-6-10(15)5-2-4-9(8-10)11(12,13)14/h9,15H,2-8H2,1H3. The highest BCUT2D eigenvalue weighted by Gasteiger charge is 2.46. The summed E-state index contributed by atoms with van der Waals surface area (Å²) in [4.78, 5) is 0. The smallest absolute Gasteiger partial charge is 0.390 e. The highest BCUT2D eigenvalue weighted by molar-refractivity contribution is 4.88. The first-order valence-electron chi connectivity index (χ1n) is 5.65.